The van der Waals surface area contributed by atoms with E-state index in [4.69, 9.17) is 50.3 Å². The van der Waals surface area contributed by atoms with Crippen molar-refractivity contribution in [3.8, 4) is 120 Å². The molecule has 0 aliphatic rings. The standard InChI is InChI=1S/C22H16N3O2.C22H18N3O.2C21H16N3.4C5H12O2.4Ir/c1-27-22(26)18-14-8-9-15-19(18)25-20(16-10-4-2-5-11-16)23-24-21(25)17-12-6-3-7-13-17;1-16-8-10-17(11-9-16)21-23-24-22(18-12-14-20(26-2)15-13-18)25(21)19-6-4-3-5-7-19;1-16-10-8-9-15-19(16)24-20(17-11-4-2-5-12-17)22-23-21(24)18-13-6-3-7-14-18;1-16-9-8-14-19(15-16)24-20(17-10-4-2-5-11-17)22-23-21(24)18-12-6-3-7-13-18;4*1-4(6)3-5(2)7;;;;/h2-12,14-15H,1H3;3-12,14-15H,1-2H3;2-13,15H,1H3;2-12,14-15H,1H3;4*4-7H,3H2,1-2H3;;;;/q4*-1;;;;;;;;. The fourth-order valence-electron chi connectivity index (χ4n) is 13.4. The van der Waals surface area contributed by atoms with Crippen molar-refractivity contribution in [2.24, 2.45) is 0 Å². The summed E-state index contributed by atoms with van der Waals surface area (Å²) < 4.78 is 18.3. The summed E-state index contributed by atoms with van der Waals surface area (Å²) in [7, 11) is 3.01. The Balaban J connectivity index is 0.000000283. The average Bonchev–Trinajstić information content (AvgIpc) is 1.65. The van der Waals surface area contributed by atoms with Gasteiger partial charge in [-0.05, 0) is 155 Å². The molecule has 133 heavy (non-hydrogen) atoms. The fraction of sp³-hybridized carbons (Fsp3) is 0.236. The van der Waals surface area contributed by atoms with Crippen molar-refractivity contribution in [1.29, 1.82) is 0 Å². The number of aromatic nitrogens is 12. The van der Waals surface area contributed by atoms with Gasteiger partial charge >= 0.3 is 5.97 Å². The van der Waals surface area contributed by atoms with E-state index in [1.807, 2.05) is 217 Å². The SMILES string of the molecule is CC(O)CC(C)O.CC(O)CC(C)O.CC(O)CC(C)O.CC(O)CC(C)O.COC(=O)c1ccccc1-n1c(-c2[c-]cccc2)nnc1-c1ccccc1.COc1c[c-]c(-c2nnc(-c3ccc(C)cc3)n2-c2ccccc2)cc1.Cc1cccc(-n2c(-c3[c-]cccc3)nnc2-c2ccccc2)c1.Cc1ccccc1-n1c(-c2[c-]cccc2)nnc1-c1ccccc1.[Ir].[Ir].[Ir].[Ir]. The van der Waals surface area contributed by atoms with E-state index < -0.39 is 5.97 Å². The van der Waals surface area contributed by atoms with E-state index in [-0.39, 0.29) is 129 Å². The molecule has 0 amide bonds. The minimum Gasteiger partial charge on any atom is -0.540 e. The minimum atomic E-state index is -0.415. The van der Waals surface area contributed by atoms with E-state index in [0.717, 1.165) is 102 Å². The van der Waals surface area contributed by atoms with Crippen LogP contribution in [-0.4, -0.2) is 169 Å². The number of ether oxygens (including phenoxy) is 2. The van der Waals surface area contributed by atoms with Crippen molar-refractivity contribution in [2.75, 3.05) is 14.2 Å². The van der Waals surface area contributed by atoms with Gasteiger partial charge in [-0.15, -0.1) is 158 Å². The van der Waals surface area contributed by atoms with Gasteiger partial charge in [-0.3, -0.25) is 0 Å². The van der Waals surface area contributed by atoms with Crippen LogP contribution >= 0.6 is 0 Å². The Bertz CT molecular complexity index is 5690. The van der Waals surface area contributed by atoms with Crippen LogP contribution in [0.2, 0.25) is 0 Å². The number of rotatable bonds is 22. The number of aliphatic hydroxyl groups is 8. The molecule has 23 nitrogen and oxygen atoms in total. The van der Waals surface area contributed by atoms with Gasteiger partial charge < -0.3 is 68.6 Å². The summed E-state index contributed by atoms with van der Waals surface area (Å²) in [5.41, 5.74) is 15.3. The first-order chi connectivity index (χ1) is 62.2. The molecule has 0 saturated heterocycles. The van der Waals surface area contributed by atoms with Gasteiger partial charge in [-0.1, -0.05) is 181 Å². The molecule has 0 spiro atoms. The number of benzene rings is 12. The van der Waals surface area contributed by atoms with Gasteiger partial charge in [-0.2, -0.15) is 20.4 Å². The van der Waals surface area contributed by atoms with Gasteiger partial charge in [0, 0.05) is 125 Å². The topological polar surface area (TPSA) is 320 Å². The van der Waals surface area contributed by atoms with Gasteiger partial charge in [-0.25, -0.2) is 4.79 Å². The van der Waals surface area contributed by atoms with E-state index >= 15 is 0 Å². The zero-order chi connectivity index (χ0) is 92.7. The van der Waals surface area contributed by atoms with Crippen molar-refractivity contribution in [3.05, 3.63) is 356 Å². The summed E-state index contributed by atoms with van der Waals surface area (Å²) in [6, 6.07) is 114. The van der Waals surface area contributed by atoms with Gasteiger partial charge in [0.2, 0.25) is 0 Å². The number of para-hydroxylation sites is 3. The second-order valence-corrected chi connectivity index (χ2v) is 30.9. The first kappa shape index (κ1) is 112. The Morgan fingerprint density at radius 1 is 0.301 bits per heavy atom. The molecule has 4 radical (unpaired) electrons. The second-order valence-electron chi connectivity index (χ2n) is 30.9. The predicted octanol–water partition coefficient (Wildman–Crippen LogP) is 18.9. The smallest absolute Gasteiger partial charge is 0.339 e. The van der Waals surface area contributed by atoms with Crippen molar-refractivity contribution < 1.29 is 136 Å². The molecule has 0 fully saturated rings. The molecule has 8 unspecified atom stereocenters. The number of carbonyl (C=O) groups excluding carboxylic acids is 1. The maximum atomic E-state index is 12.3. The number of methoxy groups -OCH3 is 2. The first-order valence-electron chi connectivity index (χ1n) is 42.6. The molecular formula is C106H114Ir4N12O11-4. The number of aryl methyl sites for hydroxylation is 3. The quantitative estimate of drug-likeness (QED) is 0.0231. The Labute approximate surface area is 834 Å². The van der Waals surface area contributed by atoms with Crippen molar-refractivity contribution in [2.45, 2.75) is 151 Å². The Hall–Kier alpha value is -11.3. The Morgan fingerprint density at radius 2 is 0.609 bits per heavy atom. The maximum Gasteiger partial charge on any atom is 0.339 e. The number of esters is 1. The molecule has 8 atom stereocenters. The zero-order valence-corrected chi connectivity index (χ0v) is 86.0. The Kier molecular flexibility index (Phi) is 49.5. The van der Waals surface area contributed by atoms with Crippen LogP contribution in [0.1, 0.15) is 108 Å². The molecule has 4 aromatic heterocycles. The second kappa shape index (κ2) is 58.7. The summed E-state index contributed by atoms with van der Waals surface area (Å²) >= 11 is 0. The molecule has 0 saturated carbocycles. The molecule has 12 aromatic carbocycles. The summed E-state index contributed by atoms with van der Waals surface area (Å²) in [6.07, 6.45) is -1.11. The fourth-order valence-corrected chi connectivity index (χ4v) is 13.4. The Morgan fingerprint density at radius 3 is 0.947 bits per heavy atom. The molecule has 0 bridgehead atoms. The summed E-state index contributed by atoms with van der Waals surface area (Å²) in [5.74, 6) is 6.38. The van der Waals surface area contributed by atoms with Crippen LogP contribution in [0.25, 0.3) is 114 Å². The number of aliphatic hydroxyl groups excluding tert-OH is 8. The van der Waals surface area contributed by atoms with Gasteiger partial charge in [0.05, 0.1) is 97.6 Å². The number of carbonyl (C=O) groups is 1. The van der Waals surface area contributed by atoms with E-state index in [1.54, 1.807) is 74.6 Å². The molecule has 704 valence electrons. The van der Waals surface area contributed by atoms with Crippen LogP contribution in [0, 0.1) is 45.0 Å². The zero-order valence-electron chi connectivity index (χ0n) is 76.4. The summed E-state index contributed by atoms with van der Waals surface area (Å²) in [4.78, 5) is 12.3. The predicted molar refractivity (Wildman–Crippen MR) is 508 cm³/mol. The van der Waals surface area contributed by atoms with Crippen molar-refractivity contribution >= 4 is 5.97 Å². The number of hydrogen-bond acceptors (Lipinski definition) is 19. The third kappa shape index (κ3) is 34.9. The molecule has 16 aromatic rings. The molecule has 0 aliphatic carbocycles. The van der Waals surface area contributed by atoms with E-state index in [0.29, 0.717) is 48.6 Å². The minimum absolute atomic E-state index is 0. The van der Waals surface area contributed by atoms with Crippen LogP contribution < -0.4 is 4.74 Å². The maximum absolute atomic E-state index is 12.3. The molecule has 4 heterocycles. The number of hydrogen-bond donors (Lipinski definition) is 8. The number of nitrogens with zero attached hydrogens (tertiary/aromatic N) is 12. The van der Waals surface area contributed by atoms with Gasteiger partial charge in [0.1, 0.15) is 0 Å². The van der Waals surface area contributed by atoms with Crippen molar-refractivity contribution in [3.63, 3.8) is 0 Å². The van der Waals surface area contributed by atoms with Crippen LogP contribution in [-0.2, 0) is 85.2 Å². The largest absolute Gasteiger partial charge is 0.540 e. The molecular weight excluding hydrogens is 2390 g/mol. The molecule has 8 N–H and O–H groups in total. The van der Waals surface area contributed by atoms with Crippen molar-refractivity contribution in [1.82, 2.24) is 59.1 Å². The van der Waals surface area contributed by atoms with E-state index in [1.165, 1.54) is 23.8 Å². The van der Waals surface area contributed by atoms with Gasteiger partial charge in [0.15, 0.2) is 23.3 Å². The summed E-state index contributed by atoms with van der Waals surface area (Å²) in [6.45, 7) is 19.5. The molecule has 27 heteroatoms. The van der Waals surface area contributed by atoms with Crippen LogP contribution in [0.5, 0.6) is 5.75 Å². The van der Waals surface area contributed by atoms with E-state index in [9.17, 15) is 4.79 Å². The van der Waals surface area contributed by atoms with Crippen LogP contribution in [0.15, 0.2) is 309 Å². The van der Waals surface area contributed by atoms with E-state index in [2.05, 4.69) is 184 Å². The normalized spacial score (nSPS) is 12.1. The molecule has 16 rings (SSSR count). The molecule has 0 aliphatic heterocycles. The summed E-state index contributed by atoms with van der Waals surface area (Å²) in [5, 5.41) is 104. The third-order valence-corrected chi connectivity index (χ3v) is 19.1. The van der Waals surface area contributed by atoms with Crippen LogP contribution in [0.4, 0.5) is 0 Å². The van der Waals surface area contributed by atoms with Crippen LogP contribution in [0.3, 0.4) is 0 Å². The van der Waals surface area contributed by atoms with Gasteiger partial charge in [0.25, 0.3) is 0 Å². The average molecular weight is 2500 g/mol. The third-order valence-electron chi connectivity index (χ3n) is 19.1. The first-order valence-corrected chi connectivity index (χ1v) is 42.6. The monoisotopic (exact) mass is 2500 g/mol.